The smallest absolute Gasteiger partial charge is 0.216 e. The zero-order chi connectivity index (χ0) is 39.2. The summed E-state index contributed by atoms with van der Waals surface area (Å²) in [6.07, 6.45) is 3.27. The number of hydrogen-bond donors (Lipinski definition) is 0. The fraction of sp³-hybridized carbons (Fsp3) is 0.286. The number of nitrogens with zero attached hydrogens (tertiary/aromatic N) is 4. The average Bonchev–Trinajstić information content (AvgIpc) is 3.69. The maximum Gasteiger partial charge on any atom is 0.216 e. The fourth-order valence-corrected chi connectivity index (χ4v) is 10.9. The Balaban J connectivity index is 0.000000217. The molecule has 0 atom stereocenters. The molecule has 1 radical (unpaired) electrons. The maximum atomic E-state index is 6.13. The molecule has 289 valence electrons. The van der Waals surface area contributed by atoms with Gasteiger partial charge in [-0.1, -0.05) is 56.0 Å². The minimum Gasteiger partial charge on any atom is -0.486 e. The van der Waals surface area contributed by atoms with Crippen molar-refractivity contribution in [2.75, 3.05) is 0 Å². The quantitative estimate of drug-likeness (QED) is 0.123. The number of benzene rings is 4. The van der Waals surface area contributed by atoms with Crippen molar-refractivity contribution in [3.8, 4) is 28.3 Å². The molecule has 0 saturated heterocycles. The first-order chi connectivity index (χ1) is 26.1. The zero-order valence-corrected chi connectivity index (χ0v) is 39.0. The SMILES string of the molecule is CC(C)Cc1cc(-c2[c-]cccc2)nc[c]1[Ge]([CH3])([CH3])[CH3].Cc1cc(C)c(-n2c(-c3[c-]cc4oc5nc(C(C)(C)C)ccc5c4c3)nc3ccccc32)c(C)c1.[Ir]. The molecular weight excluding hydrogens is 925 g/mol. The molecule has 4 aromatic carbocycles. The number of rotatable bonds is 6. The third-order valence-electron chi connectivity index (χ3n) is 10.1. The first-order valence-corrected chi connectivity index (χ1v) is 26.7. The van der Waals surface area contributed by atoms with Crippen molar-refractivity contribution >= 4 is 50.8 Å². The monoisotopic (exact) mass is 979 g/mol. The number of pyridine rings is 2. The number of hydrogen-bond acceptors (Lipinski definition) is 4. The van der Waals surface area contributed by atoms with Gasteiger partial charge < -0.3 is 8.98 Å². The Kier molecular flexibility index (Phi) is 12.0. The Morgan fingerprint density at radius 2 is 1.52 bits per heavy atom. The van der Waals surface area contributed by atoms with Crippen LogP contribution in [0.3, 0.4) is 0 Å². The van der Waals surface area contributed by atoms with Gasteiger partial charge in [-0.25, -0.2) is 4.98 Å². The van der Waals surface area contributed by atoms with E-state index in [0.29, 0.717) is 11.6 Å². The van der Waals surface area contributed by atoms with Crippen molar-refractivity contribution in [1.82, 2.24) is 19.5 Å². The largest absolute Gasteiger partial charge is 0.486 e. The summed E-state index contributed by atoms with van der Waals surface area (Å²) < 4.78 is 9.95. The van der Waals surface area contributed by atoms with Crippen LogP contribution in [0.25, 0.3) is 61.4 Å². The van der Waals surface area contributed by atoms with Gasteiger partial charge in [-0.15, -0.1) is 23.8 Å². The predicted molar refractivity (Wildman–Crippen MR) is 233 cm³/mol. The Hall–Kier alpha value is -4.36. The van der Waals surface area contributed by atoms with Gasteiger partial charge in [0.15, 0.2) is 0 Å². The minimum absolute atomic E-state index is 0. The molecule has 0 spiro atoms. The van der Waals surface area contributed by atoms with E-state index in [9.17, 15) is 0 Å². The van der Waals surface area contributed by atoms with Crippen LogP contribution < -0.4 is 4.40 Å². The average molecular weight is 978 g/mol. The Bertz CT molecular complexity index is 2640. The van der Waals surface area contributed by atoms with Crippen LogP contribution in [-0.4, -0.2) is 32.8 Å². The van der Waals surface area contributed by atoms with Crippen molar-refractivity contribution in [2.45, 2.75) is 84.5 Å². The van der Waals surface area contributed by atoms with Gasteiger partial charge in [0.25, 0.3) is 0 Å². The molecule has 8 aromatic rings. The molecule has 8 rings (SSSR count). The number of aryl methyl sites for hydroxylation is 3. The number of aromatic nitrogens is 4. The van der Waals surface area contributed by atoms with E-state index in [1.54, 1.807) is 4.40 Å². The fourth-order valence-electron chi connectivity index (χ4n) is 7.59. The van der Waals surface area contributed by atoms with E-state index < -0.39 is 13.3 Å². The molecule has 56 heavy (non-hydrogen) atoms. The van der Waals surface area contributed by atoms with Crippen molar-refractivity contribution in [3.63, 3.8) is 0 Å². The standard InChI is InChI=1S/C31H28N3O.C18H24GeN.Ir/c1-18-15-19(2)28(20(3)16-18)34-25-10-8-7-9-24(25)32-29(34)21-11-13-26-23(17-21)22-12-14-27(31(4,5)6)33-30(22)35-26;1-14(2)11-16-12-18(15-9-7-6-8-10-15)20-13-17(16)19(3,4)5;/h7-10,12-17H,1-6H3;6-9,12-14H,11H2,1-5H3;/q2*-1;. The number of furan rings is 1. The summed E-state index contributed by atoms with van der Waals surface area (Å²) in [4.78, 5) is 14.6. The van der Waals surface area contributed by atoms with E-state index in [4.69, 9.17) is 19.4 Å². The van der Waals surface area contributed by atoms with E-state index in [-0.39, 0.29) is 25.5 Å². The van der Waals surface area contributed by atoms with E-state index in [1.165, 1.54) is 27.9 Å². The van der Waals surface area contributed by atoms with E-state index in [1.807, 2.05) is 30.3 Å². The summed E-state index contributed by atoms with van der Waals surface area (Å²) in [6, 6.07) is 38.1. The summed E-state index contributed by atoms with van der Waals surface area (Å²) >= 11 is -1.86. The summed E-state index contributed by atoms with van der Waals surface area (Å²) in [5.41, 5.74) is 13.9. The Morgan fingerprint density at radius 1 is 0.804 bits per heavy atom. The molecule has 4 aromatic heterocycles. The van der Waals surface area contributed by atoms with E-state index in [0.717, 1.165) is 62.1 Å². The Morgan fingerprint density at radius 3 is 2.18 bits per heavy atom. The molecule has 0 aliphatic carbocycles. The van der Waals surface area contributed by atoms with Crippen LogP contribution >= 0.6 is 0 Å². The molecule has 0 bridgehead atoms. The summed E-state index contributed by atoms with van der Waals surface area (Å²) in [7, 11) is 0. The normalized spacial score (nSPS) is 11.9. The molecule has 0 N–H and O–H groups in total. The molecule has 0 aliphatic rings. The topological polar surface area (TPSA) is 56.7 Å². The molecule has 0 amide bonds. The van der Waals surface area contributed by atoms with Crippen molar-refractivity contribution in [3.05, 3.63) is 137 Å². The van der Waals surface area contributed by atoms with Crippen LogP contribution in [0.1, 0.15) is 62.6 Å². The molecule has 0 fully saturated rings. The molecule has 7 heteroatoms. The van der Waals surface area contributed by atoms with Gasteiger partial charge in [-0.2, -0.15) is 0 Å². The van der Waals surface area contributed by atoms with Crippen LogP contribution in [0.15, 0.2) is 102 Å². The van der Waals surface area contributed by atoms with Crippen molar-refractivity contribution < 1.29 is 24.5 Å². The third-order valence-corrected chi connectivity index (χ3v) is 14.4. The zero-order valence-electron chi connectivity index (χ0n) is 34.6. The summed E-state index contributed by atoms with van der Waals surface area (Å²) in [6.45, 7) is 17.5. The third kappa shape index (κ3) is 8.49. The van der Waals surface area contributed by atoms with E-state index in [2.05, 4.69) is 156 Å². The molecule has 5 nitrogen and oxygen atoms in total. The number of para-hydroxylation sites is 2. The second-order valence-corrected chi connectivity index (χ2v) is 28.0. The predicted octanol–water partition coefficient (Wildman–Crippen LogP) is 12.3. The van der Waals surface area contributed by atoms with Gasteiger partial charge in [0, 0.05) is 42.3 Å². The van der Waals surface area contributed by atoms with Crippen molar-refractivity contribution in [1.29, 1.82) is 0 Å². The van der Waals surface area contributed by atoms with Crippen molar-refractivity contribution in [2.24, 2.45) is 5.92 Å². The molecule has 0 unspecified atom stereocenters. The van der Waals surface area contributed by atoms with Crippen LogP contribution in [-0.2, 0) is 31.9 Å². The van der Waals surface area contributed by atoms with Crippen LogP contribution in [0.5, 0.6) is 0 Å². The van der Waals surface area contributed by atoms with Gasteiger partial charge in [-0.3, -0.25) is 4.98 Å². The second-order valence-electron chi connectivity index (χ2n) is 17.4. The minimum atomic E-state index is -1.86. The van der Waals surface area contributed by atoms with Crippen LogP contribution in [0.4, 0.5) is 0 Å². The van der Waals surface area contributed by atoms with Gasteiger partial charge >= 0.3 is 126 Å². The first kappa shape index (κ1) is 41.3. The molecule has 4 heterocycles. The maximum absolute atomic E-state index is 6.13. The van der Waals surface area contributed by atoms with E-state index >= 15 is 0 Å². The molecule has 0 aliphatic heterocycles. The van der Waals surface area contributed by atoms with Gasteiger partial charge in [0.05, 0.1) is 22.4 Å². The molecular formula is C49H52GeIrN4O-2. The summed E-state index contributed by atoms with van der Waals surface area (Å²) in [5, 5.41) is 2.03. The van der Waals surface area contributed by atoms with Crippen LogP contribution in [0.2, 0.25) is 17.3 Å². The van der Waals surface area contributed by atoms with Crippen LogP contribution in [0, 0.1) is 38.8 Å². The molecule has 0 saturated carbocycles. The first-order valence-electron chi connectivity index (χ1n) is 19.4. The second kappa shape index (κ2) is 16.2. The summed E-state index contributed by atoms with van der Waals surface area (Å²) in [5.74, 6) is 8.87. The number of fused-ring (bicyclic) bond motifs is 4. The van der Waals surface area contributed by atoms with Gasteiger partial charge in [-0.05, 0) is 56.2 Å². The Labute approximate surface area is 348 Å². The number of imidazole rings is 1. The van der Waals surface area contributed by atoms with Gasteiger partial charge in [0.2, 0.25) is 5.71 Å². The van der Waals surface area contributed by atoms with Gasteiger partial charge in [0.1, 0.15) is 0 Å².